The van der Waals surface area contributed by atoms with Crippen molar-refractivity contribution in [3.05, 3.63) is 65.7 Å². The summed E-state index contributed by atoms with van der Waals surface area (Å²) in [5.74, 6) is 0.206. The van der Waals surface area contributed by atoms with Crippen molar-refractivity contribution in [1.82, 2.24) is 10.6 Å². The molecule has 0 spiro atoms. The first-order valence-electron chi connectivity index (χ1n) is 9.07. The highest BCUT2D eigenvalue weighted by atomic mass is 16.2. The Bertz CT molecular complexity index is 818. The number of amides is 3. The van der Waals surface area contributed by atoms with Crippen molar-refractivity contribution in [3.63, 3.8) is 0 Å². The van der Waals surface area contributed by atoms with Gasteiger partial charge in [-0.15, -0.1) is 0 Å². The third kappa shape index (κ3) is 5.17. The van der Waals surface area contributed by atoms with E-state index in [9.17, 15) is 14.4 Å². The molecule has 3 rings (SSSR count). The van der Waals surface area contributed by atoms with Gasteiger partial charge in [-0.3, -0.25) is 14.4 Å². The molecule has 2 aromatic carbocycles. The summed E-state index contributed by atoms with van der Waals surface area (Å²) in [7, 11) is 0. The van der Waals surface area contributed by atoms with Crippen molar-refractivity contribution in [2.75, 3.05) is 18.4 Å². The number of hydrogen-bond acceptors (Lipinski definition) is 3. The molecular weight excluding hydrogens is 342 g/mol. The molecule has 6 nitrogen and oxygen atoms in total. The second kappa shape index (κ2) is 8.49. The van der Waals surface area contributed by atoms with Crippen LogP contribution in [0, 0.1) is 11.8 Å². The summed E-state index contributed by atoms with van der Waals surface area (Å²) < 4.78 is 0. The van der Waals surface area contributed by atoms with Gasteiger partial charge in [0, 0.05) is 35.8 Å². The Labute approximate surface area is 158 Å². The third-order valence-electron chi connectivity index (χ3n) is 4.59. The molecule has 0 bridgehead atoms. The number of anilines is 1. The first-order chi connectivity index (χ1) is 13.0. The lowest BCUT2D eigenvalue weighted by atomic mass is 10.2. The van der Waals surface area contributed by atoms with Crippen molar-refractivity contribution in [3.8, 4) is 0 Å². The van der Waals surface area contributed by atoms with E-state index >= 15 is 0 Å². The van der Waals surface area contributed by atoms with Gasteiger partial charge in [0.25, 0.3) is 11.8 Å². The molecule has 0 aromatic heterocycles. The zero-order valence-corrected chi connectivity index (χ0v) is 15.2. The summed E-state index contributed by atoms with van der Waals surface area (Å²) in [5, 5.41) is 8.38. The highest BCUT2D eigenvalue weighted by molar-refractivity contribution is 5.97. The van der Waals surface area contributed by atoms with Gasteiger partial charge in [0.1, 0.15) is 0 Å². The monoisotopic (exact) mass is 365 g/mol. The molecule has 0 heterocycles. The van der Waals surface area contributed by atoms with Crippen molar-refractivity contribution < 1.29 is 14.4 Å². The van der Waals surface area contributed by atoms with Crippen LogP contribution in [0.15, 0.2) is 54.6 Å². The van der Waals surface area contributed by atoms with Gasteiger partial charge in [0.15, 0.2) is 0 Å². The maximum atomic E-state index is 12.1. The van der Waals surface area contributed by atoms with Crippen LogP contribution < -0.4 is 16.0 Å². The molecule has 2 unspecified atom stereocenters. The van der Waals surface area contributed by atoms with Crippen LogP contribution in [0.2, 0.25) is 0 Å². The molecule has 1 aliphatic rings. The highest BCUT2D eigenvalue weighted by Crippen LogP contribution is 2.38. The SMILES string of the molecule is CC1CC1C(=O)Nc1ccc(C(=O)NCCNC(=O)c2ccccc2)cc1. The second-order valence-electron chi connectivity index (χ2n) is 6.76. The van der Waals surface area contributed by atoms with Gasteiger partial charge >= 0.3 is 0 Å². The molecular formula is C21H23N3O3. The van der Waals surface area contributed by atoms with Gasteiger partial charge in [-0.2, -0.15) is 0 Å². The number of carbonyl (C=O) groups excluding carboxylic acids is 3. The van der Waals surface area contributed by atoms with Crippen LogP contribution in [0.25, 0.3) is 0 Å². The lowest BCUT2D eigenvalue weighted by Gasteiger charge is -2.08. The van der Waals surface area contributed by atoms with E-state index in [-0.39, 0.29) is 23.6 Å². The largest absolute Gasteiger partial charge is 0.350 e. The maximum Gasteiger partial charge on any atom is 0.251 e. The zero-order valence-electron chi connectivity index (χ0n) is 15.2. The Morgan fingerprint density at radius 3 is 1.89 bits per heavy atom. The molecule has 27 heavy (non-hydrogen) atoms. The van der Waals surface area contributed by atoms with Crippen LogP contribution in [0.4, 0.5) is 5.69 Å². The fourth-order valence-corrected chi connectivity index (χ4v) is 2.77. The molecule has 3 N–H and O–H groups in total. The van der Waals surface area contributed by atoms with Crippen LogP contribution >= 0.6 is 0 Å². The molecule has 1 fully saturated rings. The first kappa shape index (κ1) is 18.6. The summed E-state index contributed by atoms with van der Waals surface area (Å²) in [5.41, 5.74) is 1.77. The van der Waals surface area contributed by atoms with Gasteiger partial charge in [0.05, 0.1) is 0 Å². The third-order valence-corrected chi connectivity index (χ3v) is 4.59. The lowest BCUT2D eigenvalue weighted by Crippen LogP contribution is -2.34. The van der Waals surface area contributed by atoms with Crippen molar-refractivity contribution in [2.24, 2.45) is 11.8 Å². The Balaban J connectivity index is 1.40. The van der Waals surface area contributed by atoms with Gasteiger partial charge < -0.3 is 16.0 Å². The number of carbonyl (C=O) groups is 3. The molecule has 140 valence electrons. The summed E-state index contributed by atoms with van der Waals surface area (Å²) in [6, 6.07) is 15.7. The first-order valence-corrected chi connectivity index (χ1v) is 9.07. The molecule has 1 aliphatic carbocycles. The van der Waals surface area contributed by atoms with Gasteiger partial charge in [0.2, 0.25) is 5.91 Å². The standard InChI is InChI=1S/C21H23N3O3/c1-14-13-18(14)21(27)24-17-9-7-16(8-10-17)20(26)23-12-11-22-19(25)15-5-3-2-4-6-15/h2-10,14,18H,11-13H2,1H3,(H,22,25)(H,23,26)(H,24,27). The Hall–Kier alpha value is -3.15. The van der Waals surface area contributed by atoms with Crippen LogP contribution in [-0.2, 0) is 4.79 Å². The van der Waals surface area contributed by atoms with Crippen molar-refractivity contribution in [2.45, 2.75) is 13.3 Å². The predicted molar refractivity (Wildman–Crippen MR) is 103 cm³/mol. The van der Waals surface area contributed by atoms with E-state index in [4.69, 9.17) is 0 Å². The summed E-state index contributed by atoms with van der Waals surface area (Å²) in [6.45, 7) is 2.72. The highest BCUT2D eigenvalue weighted by Gasteiger charge is 2.39. The van der Waals surface area contributed by atoms with E-state index in [1.807, 2.05) is 6.07 Å². The summed E-state index contributed by atoms with van der Waals surface area (Å²) in [4.78, 5) is 36.0. The van der Waals surface area contributed by atoms with Crippen molar-refractivity contribution >= 4 is 23.4 Å². The number of rotatable bonds is 7. The van der Waals surface area contributed by atoms with E-state index in [0.717, 1.165) is 6.42 Å². The minimum absolute atomic E-state index is 0.0360. The zero-order chi connectivity index (χ0) is 19.2. The van der Waals surface area contributed by atoms with E-state index < -0.39 is 0 Å². The normalized spacial score (nSPS) is 17.7. The predicted octanol–water partition coefficient (Wildman–Crippen LogP) is 2.44. The van der Waals surface area contributed by atoms with Crippen LogP contribution in [-0.4, -0.2) is 30.8 Å². The van der Waals surface area contributed by atoms with Crippen LogP contribution in [0.5, 0.6) is 0 Å². The molecule has 0 aliphatic heterocycles. The quantitative estimate of drug-likeness (QED) is 0.659. The summed E-state index contributed by atoms with van der Waals surface area (Å²) in [6.07, 6.45) is 0.938. The van der Waals surface area contributed by atoms with Crippen LogP contribution in [0.3, 0.4) is 0 Å². The average Bonchev–Trinajstić information content (AvgIpc) is 3.43. The second-order valence-corrected chi connectivity index (χ2v) is 6.76. The Kier molecular flexibility index (Phi) is 5.86. The molecule has 0 saturated heterocycles. The van der Waals surface area contributed by atoms with E-state index in [1.54, 1.807) is 48.5 Å². The topological polar surface area (TPSA) is 87.3 Å². The summed E-state index contributed by atoms with van der Waals surface area (Å²) >= 11 is 0. The fraction of sp³-hybridized carbons (Fsp3) is 0.286. The molecule has 0 radical (unpaired) electrons. The maximum absolute atomic E-state index is 12.1. The van der Waals surface area contributed by atoms with E-state index in [1.165, 1.54) is 0 Å². The molecule has 2 atom stereocenters. The minimum Gasteiger partial charge on any atom is -0.350 e. The molecule has 1 saturated carbocycles. The number of benzene rings is 2. The molecule has 6 heteroatoms. The van der Waals surface area contributed by atoms with E-state index in [0.29, 0.717) is 35.8 Å². The number of nitrogens with one attached hydrogen (secondary N) is 3. The van der Waals surface area contributed by atoms with Crippen molar-refractivity contribution in [1.29, 1.82) is 0 Å². The van der Waals surface area contributed by atoms with E-state index in [2.05, 4.69) is 22.9 Å². The molecule has 3 amide bonds. The lowest BCUT2D eigenvalue weighted by molar-refractivity contribution is -0.117. The van der Waals surface area contributed by atoms with Gasteiger partial charge in [-0.05, 0) is 48.7 Å². The van der Waals surface area contributed by atoms with Gasteiger partial charge in [-0.1, -0.05) is 25.1 Å². The Morgan fingerprint density at radius 1 is 0.852 bits per heavy atom. The average molecular weight is 365 g/mol. The van der Waals surface area contributed by atoms with Gasteiger partial charge in [-0.25, -0.2) is 0 Å². The fourth-order valence-electron chi connectivity index (χ4n) is 2.77. The smallest absolute Gasteiger partial charge is 0.251 e. The number of hydrogen-bond donors (Lipinski definition) is 3. The molecule has 2 aromatic rings. The van der Waals surface area contributed by atoms with Crippen LogP contribution in [0.1, 0.15) is 34.1 Å². The Morgan fingerprint density at radius 2 is 1.37 bits per heavy atom. The minimum atomic E-state index is -0.224.